The SMILES string of the molecule is c1ccc(-c2nc(-c3ccccc3)nc(-c3cccc4oc5ccc(N6CN(c7ccccc7)c7ccccc76)cc5c34)n2)cc1. The third-order valence-corrected chi connectivity index (χ3v) is 8.54. The number of anilines is 4. The Labute approximate surface area is 265 Å². The van der Waals surface area contributed by atoms with Gasteiger partial charge in [0.2, 0.25) is 0 Å². The lowest BCUT2D eigenvalue weighted by Crippen LogP contribution is -2.23. The molecule has 0 saturated carbocycles. The summed E-state index contributed by atoms with van der Waals surface area (Å²) in [5.74, 6) is 1.86. The Morgan fingerprint density at radius 1 is 0.457 bits per heavy atom. The number of benzene rings is 6. The van der Waals surface area contributed by atoms with Crippen LogP contribution in [0.5, 0.6) is 0 Å². The maximum absolute atomic E-state index is 6.42. The van der Waals surface area contributed by atoms with Crippen molar-refractivity contribution in [1.82, 2.24) is 15.0 Å². The second-order valence-corrected chi connectivity index (χ2v) is 11.3. The van der Waals surface area contributed by atoms with Crippen molar-refractivity contribution in [3.8, 4) is 34.2 Å². The van der Waals surface area contributed by atoms with E-state index in [0.29, 0.717) is 24.1 Å². The van der Waals surface area contributed by atoms with E-state index in [1.165, 1.54) is 5.69 Å². The van der Waals surface area contributed by atoms with Gasteiger partial charge in [-0.3, -0.25) is 0 Å². The minimum absolute atomic E-state index is 0.605. The van der Waals surface area contributed by atoms with Crippen LogP contribution in [-0.4, -0.2) is 21.6 Å². The first-order chi connectivity index (χ1) is 22.8. The fourth-order valence-electron chi connectivity index (χ4n) is 6.36. The molecule has 0 aliphatic carbocycles. The van der Waals surface area contributed by atoms with E-state index in [4.69, 9.17) is 19.4 Å². The monoisotopic (exact) mass is 593 g/mol. The topological polar surface area (TPSA) is 58.3 Å². The molecule has 3 heterocycles. The van der Waals surface area contributed by atoms with Crippen LogP contribution in [0.3, 0.4) is 0 Å². The van der Waals surface area contributed by atoms with Crippen molar-refractivity contribution in [3.05, 3.63) is 152 Å². The summed E-state index contributed by atoms with van der Waals surface area (Å²) in [6, 6.07) is 51.7. The lowest BCUT2D eigenvalue weighted by molar-refractivity contribution is 0.669. The number of rotatable bonds is 5. The van der Waals surface area contributed by atoms with Crippen LogP contribution in [0, 0.1) is 0 Å². The van der Waals surface area contributed by atoms with Crippen LogP contribution in [-0.2, 0) is 0 Å². The van der Waals surface area contributed by atoms with Crippen molar-refractivity contribution in [3.63, 3.8) is 0 Å². The van der Waals surface area contributed by atoms with Gasteiger partial charge in [-0.2, -0.15) is 0 Å². The Balaban J connectivity index is 1.21. The average Bonchev–Trinajstić information content (AvgIpc) is 3.71. The molecule has 0 unspecified atom stereocenters. The van der Waals surface area contributed by atoms with Crippen molar-refractivity contribution in [2.75, 3.05) is 16.5 Å². The Kier molecular flexibility index (Phi) is 6.09. The molecule has 6 aromatic carbocycles. The summed E-state index contributed by atoms with van der Waals surface area (Å²) in [5, 5.41) is 2.00. The minimum Gasteiger partial charge on any atom is -0.456 e. The zero-order chi connectivity index (χ0) is 30.5. The van der Waals surface area contributed by atoms with Crippen LogP contribution in [0.15, 0.2) is 156 Å². The smallest absolute Gasteiger partial charge is 0.164 e. The number of hydrogen-bond acceptors (Lipinski definition) is 6. The molecule has 0 atom stereocenters. The summed E-state index contributed by atoms with van der Waals surface area (Å²) >= 11 is 0. The molecule has 0 radical (unpaired) electrons. The molecule has 0 saturated heterocycles. The predicted molar refractivity (Wildman–Crippen MR) is 185 cm³/mol. The van der Waals surface area contributed by atoms with Gasteiger partial charge in [-0.25, -0.2) is 15.0 Å². The average molecular weight is 594 g/mol. The van der Waals surface area contributed by atoms with Gasteiger partial charge in [0.1, 0.15) is 17.8 Å². The highest BCUT2D eigenvalue weighted by molar-refractivity contribution is 6.13. The number of furan rings is 1. The van der Waals surface area contributed by atoms with Gasteiger partial charge in [0.05, 0.1) is 11.4 Å². The third kappa shape index (κ3) is 4.39. The van der Waals surface area contributed by atoms with Crippen molar-refractivity contribution in [1.29, 1.82) is 0 Å². The van der Waals surface area contributed by atoms with E-state index >= 15 is 0 Å². The van der Waals surface area contributed by atoms with Gasteiger partial charge < -0.3 is 14.2 Å². The Morgan fingerprint density at radius 2 is 1.02 bits per heavy atom. The summed E-state index contributed by atoms with van der Waals surface area (Å²) in [5.41, 5.74) is 8.97. The van der Waals surface area contributed by atoms with Crippen LogP contribution >= 0.6 is 0 Å². The maximum atomic E-state index is 6.42. The second kappa shape index (κ2) is 10.7. The van der Waals surface area contributed by atoms with Crippen molar-refractivity contribution in [2.45, 2.75) is 0 Å². The van der Waals surface area contributed by atoms with Crippen LogP contribution in [0.2, 0.25) is 0 Å². The molecule has 1 aliphatic heterocycles. The molecule has 2 aromatic heterocycles. The fraction of sp³-hybridized carbons (Fsp3) is 0.0250. The summed E-state index contributed by atoms with van der Waals surface area (Å²) < 4.78 is 6.42. The van der Waals surface area contributed by atoms with E-state index < -0.39 is 0 Å². The van der Waals surface area contributed by atoms with Gasteiger partial charge in [-0.1, -0.05) is 103 Å². The lowest BCUT2D eigenvalue weighted by atomic mass is 10.0. The highest BCUT2D eigenvalue weighted by atomic mass is 16.3. The summed E-state index contributed by atoms with van der Waals surface area (Å²) in [6.07, 6.45) is 0. The van der Waals surface area contributed by atoms with Gasteiger partial charge in [-0.15, -0.1) is 0 Å². The molecule has 6 heteroatoms. The first-order valence-electron chi connectivity index (χ1n) is 15.3. The van der Waals surface area contributed by atoms with E-state index in [9.17, 15) is 0 Å². The van der Waals surface area contributed by atoms with Gasteiger partial charge >= 0.3 is 0 Å². The molecule has 0 spiro atoms. The molecule has 0 bridgehead atoms. The zero-order valence-corrected chi connectivity index (χ0v) is 24.8. The molecule has 8 aromatic rings. The number of hydrogen-bond donors (Lipinski definition) is 0. The molecule has 1 aliphatic rings. The van der Waals surface area contributed by atoms with Gasteiger partial charge in [-0.05, 0) is 48.5 Å². The van der Waals surface area contributed by atoms with E-state index in [1.807, 2.05) is 72.8 Å². The molecule has 6 nitrogen and oxygen atoms in total. The molecule has 0 amide bonds. The molecular formula is C40H27N5O. The summed E-state index contributed by atoms with van der Waals surface area (Å²) in [4.78, 5) is 19.6. The zero-order valence-electron chi connectivity index (χ0n) is 24.8. The van der Waals surface area contributed by atoms with Crippen molar-refractivity contribution >= 4 is 44.7 Å². The third-order valence-electron chi connectivity index (χ3n) is 8.54. The Bertz CT molecular complexity index is 2300. The van der Waals surface area contributed by atoms with E-state index in [0.717, 1.165) is 55.7 Å². The minimum atomic E-state index is 0.605. The lowest BCUT2D eigenvalue weighted by Gasteiger charge is -2.22. The number of para-hydroxylation sites is 3. The predicted octanol–water partition coefficient (Wildman–Crippen LogP) is 10.0. The summed E-state index contributed by atoms with van der Waals surface area (Å²) in [7, 11) is 0. The quantitative estimate of drug-likeness (QED) is 0.198. The van der Waals surface area contributed by atoms with Crippen LogP contribution in [0.4, 0.5) is 22.7 Å². The molecular weight excluding hydrogens is 566 g/mol. The van der Waals surface area contributed by atoms with Crippen LogP contribution in [0.25, 0.3) is 56.1 Å². The Morgan fingerprint density at radius 3 is 1.67 bits per heavy atom. The first kappa shape index (κ1) is 26.2. The maximum Gasteiger partial charge on any atom is 0.164 e. The number of nitrogens with zero attached hydrogens (tertiary/aromatic N) is 5. The van der Waals surface area contributed by atoms with Crippen LogP contribution in [0.1, 0.15) is 0 Å². The van der Waals surface area contributed by atoms with Crippen molar-refractivity contribution < 1.29 is 4.42 Å². The largest absolute Gasteiger partial charge is 0.456 e. The first-order valence-corrected chi connectivity index (χ1v) is 15.3. The molecule has 0 N–H and O–H groups in total. The normalized spacial score (nSPS) is 12.6. The number of aromatic nitrogens is 3. The van der Waals surface area contributed by atoms with Gasteiger partial charge in [0.25, 0.3) is 0 Å². The standard InChI is InChI=1S/C40H27N5O/c1-4-13-27(14-5-1)38-41-39(28-15-6-2-7-16-28)43-40(42-38)31-19-12-22-36-37(31)32-25-30(23-24-35(32)46-36)45-26-44(29-17-8-3-9-18-29)33-20-10-11-21-34(33)45/h1-25H,26H2. The second-order valence-electron chi connectivity index (χ2n) is 11.3. The number of fused-ring (bicyclic) bond motifs is 4. The molecule has 46 heavy (non-hydrogen) atoms. The highest BCUT2D eigenvalue weighted by Gasteiger charge is 2.28. The summed E-state index contributed by atoms with van der Waals surface area (Å²) in [6.45, 7) is 0.700. The van der Waals surface area contributed by atoms with E-state index in [2.05, 4.69) is 88.7 Å². The van der Waals surface area contributed by atoms with Gasteiger partial charge in [0.15, 0.2) is 17.5 Å². The van der Waals surface area contributed by atoms with Gasteiger partial charge in [0, 0.05) is 38.8 Å². The molecule has 0 fully saturated rings. The fourth-order valence-corrected chi connectivity index (χ4v) is 6.36. The molecule has 218 valence electrons. The molecule has 9 rings (SSSR count). The van der Waals surface area contributed by atoms with E-state index in [1.54, 1.807) is 0 Å². The van der Waals surface area contributed by atoms with E-state index in [-0.39, 0.29) is 0 Å². The van der Waals surface area contributed by atoms with Crippen molar-refractivity contribution in [2.24, 2.45) is 0 Å². The highest BCUT2D eigenvalue weighted by Crippen LogP contribution is 2.45. The van der Waals surface area contributed by atoms with Crippen LogP contribution < -0.4 is 9.80 Å². The Hall–Kier alpha value is -6.27.